The van der Waals surface area contributed by atoms with E-state index in [4.69, 9.17) is 5.11 Å². The lowest BCUT2D eigenvalue weighted by atomic mass is 9.97. The molecule has 0 unspecified atom stereocenters. The topological polar surface area (TPSA) is 54.4 Å². The van der Waals surface area contributed by atoms with Crippen molar-refractivity contribution in [2.24, 2.45) is 0 Å². The predicted molar refractivity (Wildman–Crippen MR) is 66.6 cm³/mol. The fourth-order valence-corrected chi connectivity index (χ4v) is 1.90. The Hall–Kier alpha value is -1.64. The smallest absolute Gasteiger partial charge is 0.336 e. The lowest BCUT2D eigenvalue weighted by molar-refractivity contribution is 0.0694. The average Bonchev–Trinajstić information content (AvgIpc) is 2.34. The van der Waals surface area contributed by atoms with Gasteiger partial charge in [0.15, 0.2) is 6.29 Å². The summed E-state index contributed by atoms with van der Waals surface area (Å²) in [6.45, 7) is 2.14. The van der Waals surface area contributed by atoms with E-state index in [1.807, 2.05) is 6.07 Å². The summed E-state index contributed by atoms with van der Waals surface area (Å²) in [6.07, 6.45) is 5.88. The summed E-state index contributed by atoms with van der Waals surface area (Å²) in [5.41, 5.74) is 1.28. The lowest BCUT2D eigenvalue weighted by Crippen LogP contribution is -2.05. The Balaban J connectivity index is 2.80. The summed E-state index contributed by atoms with van der Waals surface area (Å²) in [5.74, 6) is -1.04. The molecule has 0 spiro atoms. The van der Waals surface area contributed by atoms with Crippen molar-refractivity contribution in [2.45, 2.75) is 39.0 Å². The second kappa shape index (κ2) is 6.84. The van der Waals surface area contributed by atoms with Gasteiger partial charge < -0.3 is 5.11 Å². The Labute approximate surface area is 101 Å². The molecule has 0 atom stereocenters. The minimum absolute atomic E-state index is 0.105. The molecule has 1 N–H and O–H groups in total. The molecule has 0 aliphatic carbocycles. The molecule has 1 aromatic rings. The predicted octanol–water partition coefficient (Wildman–Crippen LogP) is 3.32. The highest BCUT2D eigenvalue weighted by Gasteiger charge is 2.12. The van der Waals surface area contributed by atoms with Crippen molar-refractivity contribution in [3.05, 3.63) is 34.9 Å². The van der Waals surface area contributed by atoms with E-state index < -0.39 is 5.97 Å². The third-order valence-electron chi connectivity index (χ3n) is 2.84. The highest BCUT2D eigenvalue weighted by Crippen LogP contribution is 2.16. The average molecular weight is 234 g/mol. The number of aldehydes is 1. The Morgan fingerprint density at radius 1 is 1.29 bits per heavy atom. The third-order valence-corrected chi connectivity index (χ3v) is 2.84. The molecule has 0 saturated carbocycles. The van der Waals surface area contributed by atoms with Gasteiger partial charge >= 0.3 is 5.97 Å². The van der Waals surface area contributed by atoms with Crippen molar-refractivity contribution in [3.63, 3.8) is 0 Å². The molecule has 17 heavy (non-hydrogen) atoms. The van der Waals surface area contributed by atoms with E-state index in [0.717, 1.165) is 31.2 Å². The number of unbranched alkanes of at least 4 members (excludes halogenated alkanes) is 3. The normalized spacial score (nSPS) is 10.2. The maximum atomic E-state index is 11.0. The summed E-state index contributed by atoms with van der Waals surface area (Å²) in [6, 6.07) is 5.01. The SMILES string of the molecule is CCCCCCc1cccc(C(=O)O)c1C=O. The van der Waals surface area contributed by atoms with E-state index >= 15 is 0 Å². The fourth-order valence-electron chi connectivity index (χ4n) is 1.90. The van der Waals surface area contributed by atoms with E-state index in [9.17, 15) is 9.59 Å². The van der Waals surface area contributed by atoms with Crippen molar-refractivity contribution in [2.75, 3.05) is 0 Å². The number of hydrogen-bond donors (Lipinski definition) is 1. The molecule has 1 aromatic carbocycles. The number of rotatable bonds is 7. The third kappa shape index (κ3) is 3.70. The lowest BCUT2D eigenvalue weighted by Gasteiger charge is -2.07. The van der Waals surface area contributed by atoms with Crippen LogP contribution in [0.5, 0.6) is 0 Å². The van der Waals surface area contributed by atoms with Gasteiger partial charge in [-0.1, -0.05) is 38.3 Å². The first-order chi connectivity index (χ1) is 8.20. The number of aryl methyl sites for hydroxylation is 1. The quantitative estimate of drug-likeness (QED) is 0.581. The first kappa shape index (κ1) is 13.4. The number of aromatic carboxylic acids is 1. The largest absolute Gasteiger partial charge is 0.478 e. The first-order valence-electron chi connectivity index (χ1n) is 6.01. The molecule has 1 rings (SSSR count). The Morgan fingerprint density at radius 3 is 2.65 bits per heavy atom. The maximum Gasteiger partial charge on any atom is 0.336 e. The van der Waals surface area contributed by atoms with Crippen molar-refractivity contribution in [1.82, 2.24) is 0 Å². The van der Waals surface area contributed by atoms with Crippen LogP contribution in [-0.2, 0) is 6.42 Å². The van der Waals surface area contributed by atoms with Crippen LogP contribution in [0.2, 0.25) is 0 Å². The highest BCUT2D eigenvalue weighted by atomic mass is 16.4. The van der Waals surface area contributed by atoms with Gasteiger partial charge in [0, 0.05) is 5.56 Å². The van der Waals surface area contributed by atoms with Crippen LogP contribution in [0.25, 0.3) is 0 Å². The zero-order chi connectivity index (χ0) is 12.7. The summed E-state index contributed by atoms with van der Waals surface area (Å²) in [7, 11) is 0. The summed E-state index contributed by atoms with van der Waals surface area (Å²) in [4.78, 5) is 21.9. The number of carbonyl (C=O) groups excluding carboxylic acids is 1. The molecule has 0 aromatic heterocycles. The van der Waals surface area contributed by atoms with E-state index in [1.165, 1.54) is 12.5 Å². The number of carboxylic acids is 1. The molecule has 3 heteroatoms. The van der Waals surface area contributed by atoms with Crippen LogP contribution in [0.15, 0.2) is 18.2 Å². The standard InChI is InChI=1S/C14H18O3/c1-2-3-4-5-7-11-8-6-9-12(14(16)17)13(11)10-15/h6,8-10H,2-5,7H2,1H3,(H,16,17). The van der Waals surface area contributed by atoms with Crippen LogP contribution in [0.3, 0.4) is 0 Å². The zero-order valence-electron chi connectivity index (χ0n) is 10.1. The molecular formula is C14H18O3. The number of benzene rings is 1. The molecule has 0 saturated heterocycles. The van der Waals surface area contributed by atoms with Crippen molar-refractivity contribution in [3.8, 4) is 0 Å². The van der Waals surface area contributed by atoms with E-state index in [1.54, 1.807) is 6.07 Å². The Bertz CT molecular complexity index is 396. The number of carbonyl (C=O) groups is 2. The van der Waals surface area contributed by atoms with Crippen LogP contribution in [-0.4, -0.2) is 17.4 Å². The van der Waals surface area contributed by atoms with Gasteiger partial charge in [0.25, 0.3) is 0 Å². The Kier molecular flexibility index (Phi) is 5.40. The van der Waals surface area contributed by atoms with Crippen molar-refractivity contribution >= 4 is 12.3 Å². The van der Waals surface area contributed by atoms with Crippen LogP contribution < -0.4 is 0 Å². The molecule has 0 amide bonds. The van der Waals surface area contributed by atoms with E-state index in [0.29, 0.717) is 11.8 Å². The van der Waals surface area contributed by atoms with Crippen molar-refractivity contribution < 1.29 is 14.7 Å². The summed E-state index contributed by atoms with van der Waals surface area (Å²) in [5, 5.41) is 8.97. The second-order valence-corrected chi connectivity index (χ2v) is 4.11. The molecule has 92 valence electrons. The molecule has 3 nitrogen and oxygen atoms in total. The summed E-state index contributed by atoms with van der Waals surface area (Å²) < 4.78 is 0. The first-order valence-corrected chi connectivity index (χ1v) is 6.01. The van der Waals surface area contributed by atoms with Crippen molar-refractivity contribution in [1.29, 1.82) is 0 Å². The molecule has 0 bridgehead atoms. The number of hydrogen-bond acceptors (Lipinski definition) is 2. The van der Waals surface area contributed by atoms with E-state index in [-0.39, 0.29) is 5.56 Å². The zero-order valence-corrected chi connectivity index (χ0v) is 10.1. The van der Waals surface area contributed by atoms with Crippen LogP contribution >= 0.6 is 0 Å². The van der Waals surface area contributed by atoms with E-state index in [2.05, 4.69) is 6.92 Å². The number of carboxylic acid groups (broad SMARTS) is 1. The van der Waals surface area contributed by atoms with Gasteiger partial charge in [0.05, 0.1) is 5.56 Å². The van der Waals surface area contributed by atoms with Crippen LogP contribution in [0, 0.1) is 0 Å². The molecule has 0 fully saturated rings. The minimum atomic E-state index is -1.04. The van der Waals surface area contributed by atoms with Gasteiger partial charge in [-0.15, -0.1) is 0 Å². The highest BCUT2D eigenvalue weighted by molar-refractivity contribution is 5.98. The maximum absolute atomic E-state index is 11.0. The summed E-state index contributed by atoms with van der Waals surface area (Å²) >= 11 is 0. The van der Waals surface area contributed by atoms with Gasteiger partial charge in [0.2, 0.25) is 0 Å². The monoisotopic (exact) mass is 234 g/mol. The van der Waals surface area contributed by atoms with Crippen LogP contribution in [0.1, 0.15) is 58.9 Å². The molecule has 0 aliphatic rings. The Morgan fingerprint density at radius 2 is 2.06 bits per heavy atom. The van der Waals surface area contributed by atoms with Gasteiger partial charge in [0.1, 0.15) is 0 Å². The fraction of sp³-hybridized carbons (Fsp3) is 0.429. The van der Waals surface area contributed by atoms with Gasteiger partial charge in [-0.2, -0.15) is 0 Å². The van der Waals surface area contributed by atoms with Gasteiger partial charge in [-0.25, -0.2) is 4.79 Å². The molecule has 0 aliphatic heterocycles. The van der Waals surface area contributed by atoms with Gasteiger partial charge in [-0.3, -0.25) is 4.79 Å². The molecule has 0 heterocycles. The molecular weight excluding hydrogens is 216 g/mol. The van der Waals surface area contributed by atoms with Gasteiger partial charge in [-0.05, 0) is 24.5 Å². The van der Waals surface area contributed by atoms with Crippen LogP contribution in [0.4, 0.5) is 0 Å². The molecule has 0 radical (unpaired) electrons. The second-order valence-electron chi connectivity index (χ2n) is 4.11. The minimum Gasteiger partial charge on any atom is -0.478 e.